The quantitative estimate of drug-likeness (QED) is 0.798. The molecule has 0 radical (unpaired) electrons. The lowest BCUT2D eigenvalue weighted by Gasteiger charge is -2.11. The molecule has 1 aromatic rings. The van der Waals surface area contributed by atoms with Gasteiger partial charge in [0, 0.05) is 6.54 Å². The summed E-state index contributed by atoms with van der Waals surface area (Å²) in [6.45, 7) is 0.252. The Bertz CT molecular complexity index is 512. The largest absolute Gasteiger partial charge is 0.487 e. The zero-order valence-electron chi connectivity index (χ0n) is 9.51. The number of ether oxygens (including phenoxy) is 1. The Labute approximate surface area is 100 Å². The van der Waals surface area contributed by atoms with E-state index in [4.69, 9.17) is 10.5 Å². The zero-order chi connectivity index (χ0) is 12.5. The van der Waals surface area contributed by atoms with E-state index < -0.39 is 10.0 Å². The predicted molar refractivity (Wildman–Crippen MR) is 64.2 cm³/mol. The van der Waals surface area contributed by atoms with Crippen LogP contribution in [0.3, 0.4) is 0 Å². The SMILES string of the molecule is CS(=O)(=O)Nc1nc(CN)ccc1OC1CC1. The molecule has 0 aromatic carbocycles. The van der Waals surface area contributed by atoms with Gasteiger partial charge in [0.05, 0.1) is 18.1 Å². The summed E-state index contributed by atoms with van der Waals surface area (Å²) in [5.41, 5.74) is 6.08. The molecule has 2 rings (SSSR count). The third-order valence-corrected chi connectivity index (χ3v) is 2.79. The van der Waals surface area contributed by atoms with E-state index in [9.17, 15) is 8.42 Å². The van der Waals surface area contributed by atoms with Crippen LogP contribution in [0.25, 0.3) is 0 Å². The van der Waals surface area contributed by atoms with Crippen LogP contribution in [0.2, 0.25) is 0 Å². The van der Waals surface area contributed by atoms with Crippen LogP contribution in [0.15, 0.2) is 12.1 Å². The van der Waals surface area contributed by atoms with Gasteiger partial charge in [0.25, 0.3) is 0 Å². The highest BCUT2D eigenvalue weighted by Crippen LogP contribution is 2.31. The third-order valence-electron chi connectivity index (χ3n) is 2.23. The fraction of sp³-hybridized carbons (Fsp3) is 0.500. The number of anilines is 1. The normalized spacial score (nSPS) is 15.6. The molecule has 17 heavy (non-hydrogen) atoms. The first-order chi connectivity index (χ1) is 7.98. The molecule has 0 aliphatic heterocycles. The van der Waals surface area contributed by atoms with Gasteiger partial charge in [0.15, 0.2) is 11.6 Å². The maximum Gasteiger partial charge on any atom is 0.231 e. The smallest absolute Gasteiger partial charge is 0.231 e. The Hall–Kier alpha value is -1.34. The first-order valence-corrected chi connectivity index (χ1v) is 7.21. The van der Waals surface area contributed by atoms with Crippen LogP contribution in [0.4, 0.5) is 5.82 Å². The van der Waals surface area contributed by atoms with Crippen molar-refractivity contribution in [2.24, 2.45) is 5.73 Å². The van der Waals surface area contributed by atoms with Crippen LogP contribution in [0, 0.1) is 0 Å². The van der Waals surface area contributed by atoms with E-state index in [1.54, 1.807) is 12.1 Å². The maximum absolute atomic E-state index is 11.2. The second kappa shape index (κ2) is 4.50. The molecule has 0 unspecified atom stereocenters. The molecule has 1 saturated carbocycles. The van der Waals surface area contributed by atoms with Crippen molar-refractivity contribution in [3.8, 4) is 5.75 Å². The van der Waals surface area contributed by atoms with Crippen LogP contribution >= 0.6 is 0 Å². The van der Waals surface area contributed by atoms with Crippen molar-refractivity contribution in [2.45, 2.75) is 25.5 Å². The molecule has 1 aliphatic carbocycles. The molecule has 7 heteroatoms. The van der Waals surface area contributed by atoms with E-state index in [-0.39, 0.29) is 18.5 Å². The summed E-state index contributed by atoms with van der Waals surface area (Å²) < 4.78 is 30.3. The van der Waals surface area contributed by atoms with E-state index >= 15 is 0 Å². The first-order valence-electron chi connectivity index (χ1n) is 5.32. The van der Waals surface area contributed by atoms with Gasteiger partial charge in [-0.3, -0.25) is 4.72 Å². The van der Waals surface area contributed by atoms with E-state index in [1.165, 1.54) is 0 Å². The Balaban J connectivity index is 2.28. The lowest BCUT2D eigenvalue weighted by molar-refractivity contribution is 0.303. The number of sulfonamides is 1. The van der Waals surface area contributed by atoms with E-state index in [0.717, 1.165) is 19.1 Å². The molecule has 0 amide bonds. The molecule has 1 heterocycles. The van der Waals surface area contributed by atoms with Crippen LogP contribution in [-0.2, 0) is 16.6 Å². The second-order valence-corrected chi connectivity index (χ2v) is 5.79. The monoisotopic (exact) mass is 257 g/mol. The Morgan fingerprint density at radius 2 is 2.24 bits per heavy atom. The topological polar surface area (TPSA) is 94.3 Å². The fourth-order valence-electron chi connectivity index (χ4n) is 1.31. The van der Waals surface area contributed by atoms with E-state index in [1.807, 2.05) is 0 Å². The molecule has 1 aliphatic rings. The summed E-state index contributed by atoms with van der Waals surface area (Å²) in [6.07, 6.45) is 3.25. The zero-order valence-corrected chi connectivity index (χ0v) is 10.3. The van der Waals surface area contributed by atoms with Crippen LogP contribution < -0.4 is 15.2 Å². The van der Waals surface area contributed by atoms with E-state index in [2.05, 4.69) is 9.71 Å². The van der Waals surface area contributed by atoms with Crippen molar-refractivity contribution in [3.05, 3.63) is 17.8 Å². The molecule has 3 N–H and O–H groups in total. The minimum atomic E-state index is -3.37. The van der Waals surface area contributed by atoms with Gasteiger partial charge < -0.3 is 10.5 Å². The predicted octanol–water partition coefficient (Wildman–Crippen LogP) is 0.453. The van der Waals surface area contributed by atoms with Gasteiger partial charge >= 0.3 is 0 Å². The molecular formula is C10H15N3O3S. The Morgan fingerprint density at radius 3 is 2.76 bits per heavy atom. The number of hydrogen-bond donors (Lipinski definition) is 2. The van der Waals surface area contributed by atoms with Gasteiger partial charge in [-0.25, -0.2) is 13.4 Å². The Morgan fingerprint density at radius 1 is 1.53 bits per heavy atom. The maximum atomic E-state index is 11.2. The fourth-order valence-corrected chi connectivity index (χ4v) is 1.81. The molecule has 94 valence electrons. The van der Waals surface area contributed by atoms with E-state index in [0.29, 0.717) is 11.4 Å². The van der Waals surface area contributed by atoms with Crippen LogP contribution in [0.1, 0.15) is 18.5 Å². The molecule has 1 fully saturated rings. The van der Waals surface area contributed by atoms with Crippen molar-refractivity contribution < 1.29 is 13.2 Å². The number of hydrogen-bond acceptors (Lipinski definition) is 5. The van der Waals surface area contributed by atoms with Gasteiger partial charge in [-0.1, -0.05) is 0 Å². The number of aromatic nitrogens is 1. The highest BCUT2D eigenvalue weighted by Gasteiger charge is 2.25. The number of rotatable bonds is 5. The first kappa shape index (κ1) is 12.1. The number of nitrogens with zero attached hydrogens (tertiary/aromatic N) is 1. The summed E-state index contributed by atoms with van der Waals surface area (Å²) in [5, 5.41) is 0. The molecule has 0 bridgehead atoms. The second-order valence-electron chi connectivity index (χ2n) is 4.04. The molecule has 0 spiro atoms. The molecule has 0 saturated heterocycles. The number of nitrogens with two attached hydrogens (primary N) is 1. The van der Waals surface area contributed by atoms with Gasteiger partial charge in [0.1, 0.15) is 0 Å². The van der Waals surface area contributed by atoms with Gasteiger partial charge in [-0.05, 0) is 25.0 Å². The minimum absolute atomic E-state index is 0.181. The minimum Gasteiger partial charge on any atom is -0.487 e. The molecule has 0 atom stereocenters. The summed E-state index contributed by atoms with van der Waals surface area (Å²) in [5.74, 6) is 0.664. The van der Waals surface area contributed by atoms with Crippen LogP contribution in [0.5, 0.6) is 5.75 Å². The summed E-state index contributed by atoms with van der Waals surface area (Å²) in [7, 11) is -3.37. The van der Waals surface area contributed by atoms with Crippen molar-refractivity contribution in [1.82, 2.24) is 4.98 Å². The number of pyridine rings is 1. The third kappa shape index (κ3) is 3.57. The average molecular weight is 257 g/mol. The number of nitrogens with one attached hydrogen (secondary N) is 1. The van der Waals surface area contributed by atoms with Gasteiger partial charge in [-0.15, -0.1) is 0 Å². The lowest BCUT2D eigenvalue weighted by atomic mass is 10.3. The van der Waals surface area contributed by atoms with Gasteiger partial charge in [-0.2, -0.15) is 0 Å². The summed E-state index contributed by atoms with van der Waals surface area (Å²) >= 11 is 0. The highest BCUT2D eigenvalue weighted by molar-refractivity contribution is 7.92. The van der Waals surface area contributed by atoms with Crippen LogP contribution in [-0.4, -0.2) is 25.8 Å². The van der Waals surface area contributed by atoms with Crippen molar-refractivity contribution >= 4 is 15.8 Å². The van der Waals surface area contributed by atoms with Crippen molar-refractivity contribution in [3.63, 3.8) is 0 Å². The van der Waals surface area contributed by atoms with Crippen molar-refractivity contribution in [1.29, 1.82) is 0 Å². The highest BCUT2D eigenvalue weighted by atomic mass is 32.2. The summed E-state index contributed by atoms with van der Waals surface area (Å²) in [6, 6.07) is 3.42. The molecular weight excluding hydrogens is 242 g/mol. The summed E-state index contributed by atoms with van der Waals surface area (Å²) in [4.78, 5) is 4.12. The molecule has 6 nitrogen and oxygen atoms in total. The molecule has 1 aromatic heterocycles. The van der Waals surface area contributed by atoms with Gasteiger partial charge in [0.2, 0.25) is 10.0 Å². The Kier molecular flexibility index (Phi) is 3.21. The standard InChI is InChI=1S/C10H15N3O3S/c1-17(14,15)13-10-9(16-8-3-4-8)5-2-7(6-11)12-10/h2,5,8H,3-4,6,11H2,1H3,(H,12,13). The van der Waals surface area contributed by atoms with Crippen molar-refractivity contribution in [2.75, 3.05) is 11.0 Å². The lowest BCUT2D eigenvalue weighted by Crippen LogP contribution is -2.14. The average Bonchev–Trinajstić information content (AvgIpc) is 3.02.